The Morgan fingerprint density at radius 1 is 0.976 bits per heavy atom. The molecule has 7 rings (SSSR count). The van der Waals surface area contributed by atoms with Crippen LogP contribution in [0.4, 0.5) is 4.79 Å². The third-order valence-corrected chi connectivity index (χ3v) is 7.35. The van der Waals surface area contributed by atoms with Gasteiger partial charge in [-0.3, -0.25) is 0 Å². The van der Waals surface area contributed by atoms with Crippen LogP contribution in [0.25, 0.3) is 45.1 Å². The van der Waals surface area contributed by atoms with Crippen LogP contribution in [-0.2, 0) is 4.74 Å². The second-order valence-electron chi connectivity index (χ2n) is 10.9. The van der Waals surface area contributed by atoms with Gasteiger partial charge in [0.1, 0.15) is 11.4 Å². The molecule has 0 saturated carbocycles. The van der Waals surface area contributed by atoms with E-state index in [0.29, 0.717) is 11.5 Å². The van der Waals surface area contributed by atoms with Crippen LogP contribution in [0.3, 0.4) is 0 Å². The molecule has 8 nitrogen and oxygen atoms in total. The van der Waals surface area contributed by atoms with Gasteiger partial charge < -0.3 is 14.5 Å². The summed E-state index contributed by atoms with van der Waals surface area (Å²) in [5, 5.41) is 5.02. The van der Waals surface area contributed by atoms with E-state index in [-0.39, 0.29) is 0 Å². The van der Waals surface area contributed by atoms with Gasteiger partial charge in [-0.25, -0.2) is 19.0 Å². The Morgan fingerprint density at radius 2 is 1.80 bits per heavy atom. The fourth-order valence-electron chi connectivity index (χ4n) is 5.05. The molecule has 1 aliphatic heterocycles. The van der Waals surface area contributed by atoms with Gasteiger partial charge in [0, 0.05) is 27.4 Å². The van der Waals surface area contributed by atoms with Crippen LogP contribution < -0.4 is 4.74 Å². The summed E-state index contributed by atoms with van der Waals surface area (Å²) >= 11 is 3.57. The van der Waals surface area contributed by atoms with Gasteiger partial charge in [-0.1, -0.05) is 52.3 Å². The van der Waals surface area contributed by atoms with Gasteiger partial charge in [-0.15, -0.1) is 0 Å². The normalized spacial score (nSPS) is 14.4. The van der Waals surface area contributed by atoms with Crippen molar-refractivity contribution in [3.05, 3.63) is 101 Å². The van der Waals surface area contributed by atoms with Gasteiger partial charge in [0.2, 0.25) is 6.23 Å². The van der Waals surface area contributed by atoms with Crippen molar-refractivity contribution >= 4 is 33.1 Å². The summed E-state index contributed by atoms with van der Waals surface area (Å²) in [6.07, 6.45) is 0.828. The van der Waals surface area contributed by atoms with Crippen molar-refractivity contribution in [3.8, 4) is 39.8 Å². The zero-order chi connectivity index (χ0) is 28.3. The van der Waals surface area contributed by atoms with E-state index in [0.717, 1.165) is 49.3 Å². The molecule has 0 unspecified atom stereocenters. The Hall–Kier alpha value is -4.63. The Balaban J connectivity index is 1.28. The van der Waals surface area contributed by atoms with Gasteiger partial charge >= 0.3 is 6.09 Å². The summed E-state index contributed by atoms with van der Waals surface area (Å²) in [7, 11) is 0. The average molecular weight is 608 g/mol. The monoisotopic (exact) mass is 607 g/mol. The zero-order valence-corrected chi connectivity index (χ0v) is 24.2. The lowest BCUT2D eigenvalue weighted by Crippen LogP contribution is -2.27. The highest BCUT2D eigenvalue weighted by Gasteiger charge is 2.29. The Morgan fingerprint density at radius 3 is 2.61 bits per heavy atom. The number of nitrogens with zero attached hydrogens (tertiary/aromatic N) is 4. The number of carbonyl (C=O) groups excluding carboxylic acids is 1. The summed E-state index contributed by atoms with van der Waals surface area (Å²) in [6, 6.07) is 27.9. The molecule has 0 aliphatic carbocycles. The first-order chi connectivity index (χ1) is 19.7. The molecule has 9 heteroatoms. The van der Waals surface area contributed by atoms with E-state index in [9.17, 15) is 4.79 Å². The fourth-order valence-corrected chi connectivity index (χ4v) is 5.39. The molecular weight excluding hydrogens is 582 g/mol. The lowest BCUT2D eigenvalue weighted by Gasteiger charge is -2.28. The number of nitrogens with one attached hydrogen (secondary N) is 1. The number of fused-ring (bicyclic) bond motifs is 4. The van der Waals surface area contributed by atoms with Gasteiger partial charge in [0.25, 0.3) is 0 Å². The summed E-state index contributed by atoms with van der Waals surface area (Å²) < 4.78 is 16.4. The molecule has 3 aromatic carbocycles. The smallest absolute Gasteiger partial charge is 0.419 e. The SMILES string of the molecule is CC(C)(C)OC(=O)n1cccc1-c1nc2ccc(-c3cc4n(n3)[C@H](c3ccccc3)Oc3cc(Br)ccc3-4)cc2[nH]1. The molecule has 1 atom stereocenters. The van der Waals surface area contributed by atoms with E-state index >= 15 is 0 Å². The van der Waals surface area contributed by atoms with Crippen molar-refractivity contribution in [2.75, 3.05) is 0 Å². The summed E-state index contributed by atoms with van der Waals surface area (Å²) in [5.74, 6) is 1.38. The molecule has 6 aromatic rings. The predicted molar refractivity (Wildman–Crippen MR) is 161 cm³/mol. The topological polar surface area (TPSA) is 87.0 Å². The summed E-state index contributed by atoms with van der Waals surface area (Å²) in [6.45, 7) is 5.53. The number of benzene rings is 3. The molecule has 0 fully saturated rings. The second-order valence-corrected chi connectivity index (χ2v) is 11.9. The molecular formula is C32H26BrN5O3. The lowest BCUT2D eigenvalue weighted by atomic mass is 10.1. The highest BCUT2D eigenvalue weighted by atomic mass is 79.9. The van der Waals surface area contributed by atoms with Gasteiger partial charge in [0.05, 0.1) is 28.1 Å². The van der Waals surface area contributed by atoms with Crippen LogP contribution in [0.1, 0.15) is 32.6 Å². The number of hydrogen-bond acceptors (Lipinski definition) is 5. The van der Waals surface area contributed by atoms with Crippen LogP contribution in [0.15, 0.2) is 95.6 Å². The number of aromatic amines is 1. The van der Waals surface area contributed by atoms with Gasteiger partial charge in [-0.2, -0.15) is 5.10 Å². The maximum Gasteiger partial charge on any atom is 0.419 e. The molecule has 1 aliphatic rings. The largest absolute Gasteiger partial charge is 0.464 e. The van der Waals surface area contributed by atoms with Gasteiger partial charge in [0.15, 0.2) is 5.82 Å². The molecule has 0 radical (unpaired) electrons. The van der Waals surface area contributed by atoms with E-state index < -0.39 is 17.9 Å². The van der Waals surface area contributed by atoms with Gasteiger partial charge in [-0.05, 0) is 69.3 Å². The van der Waals surface area contributed by atoms with Crippen LogP contribution in [-0.4, -0.2) is 36.0 Å². The number of hydrogen-bond donors (Lipinski definition) is 1. The molecule has 0 bridgehead atoms. The van der Waals surface area contributed by atoms with Crippen LogP contribution in [0.2, 0.25) is 0 Å². The minimum absolute atomic E-state index is 0.398. The fraction of sp³-hybridized carbons (Fsp3) is 0.156. The van der Waals surface area contributed by atoms with Crippen molar-refractivity contribution in [1.29, 1.82) is 0 Å². The van der Waals surface area contributed by atoms with E-state index in [2.05, 4.69) is 27.0 Å². The number of halogens is 1. The lowest BCUT2D eigenvalue weighted by molar-refractivity contribution is 0.0540. The maximum absolute atomic E-state index is 12.8. The second kappa shape index (κ2) is 9.49. The predicted octanol–water partition coefficient (Wildman–Crippen LogP) is 8.05. The third-order valence-electron chi connectivity index (χ3n) is 6.86. The minimum Gasteiger partial charge on any atom is -0.464 e. The molecule has 41 heavy (non-hydrogen) atoms. The number of imidazole rings is 1. The van der Waals surface area contributed by atoms with Crippen molar-refractivity contribution < 1.29 is 14.3 Å². The van der Waals surface area contributed by atoms with Crippen molar-refractivity contribution in [3.63, 3.8) is 0 Å². The quantitative estimate of drug-likeness (QED) is 0.220. The first kappa shape index (κ1) is 25.3. The minimum atomic E-state index is -0.604. The maximum atomic E-state index is 12.8. The molecule has 3 aromatic heterocycles. The number of rotatable bonds is 3. The average Bonchev–Trinajstić information content (AvgIpc) is 3.69. The standard InChI is InChI=1S/C32H26BrN5O3/c1-32(2,3)41-31(39)37-15-7-10-26(37)29-34-23-14-11-20(16-25(23)35-29)24-18-27-22-13-12-21(33)17-28(22)40-30(38(27)36-24)19-8-5-4-6-9-19/h4-18,30H,1-3H3,(H,34,35)/t30-/m0/s1. The van der Waals surface area contributed by atoms with Crippen molar-refractivity contribution in [2.45, 2.75) is 32.6 Å². The molecule has 4 heterocycles. The van der Waals surface area contributed by atoms with Crippen molar-refractivity contribution in [2.24, 2.45) is 0 Å². The molecule has 0 saturated heterocycles. The zero-order valence-electron chi connectivity index (χ0n) is 22.6. The Labute approximate surface area is 244 Å². The first-order valence-corrected chi connectivity index (χ1v) is 14.1. The number of aromatic nitrogens is 5. The Kier molecular flexibility index (Phi) is 5.86. The third kappa shape index (κ3) is 4.62. The molecule has 204 valence electrons. The van der Waals surface area contributed by atoms with E-state index in [1.807, 2.05) is 98.2 Å². The van der Waals surface area contributed by atoms with Crippen LogP contribution in [0, 0.1) is 0 Å². The highest BCUT2D eigenvalue weighted by Crippen LogP contribution is 2.43. The molecule has 0 amide bonds. The number of H-pyrrole nitrogens is 1. The summed E-state index contributed by atoms with van der Waals surface area (Å²) in [5.41, 5.74) is 6.35. The van der Waals surface area contributed by atoms with E-state index in [1.165, 1.54) is 4.57 Å². The highest BCUT2D eigenvalue weighted by molar-refractivity contribution is 9.10. The van der Waals surface area contributed by atoms with E-state index in [4.69, 9.17) is 19.6 Å². The van der Waals surface area contributed by atoms with Crippen LogP contribution >= 0.6 is 15.9 Å². The van der Waals surface area contributed by atoms with Crippen molar-refractivity contribution in [1.82, 2.24) is 24.3 Å². The molecule has 1 N–H and O–H groups in total. The number of ether oxygens (including phenoxy) is 2. The molecule has 0 spiro atoms. The summed E-state index contributed by atoms with van der Waals surface area (Å²) in [4.78, 5) is 20.9. The first-order valence-electron chi connectivity index (χ1n) is 13.3. The Bertz CT molecular complexity index is 1930. The van der Waals surface area contributed by atoms with Crippen LogP contribution in [0.5, 0.6) is 5.75 Å². The van der Waals surface area contributed by atoms with E-state index in [1.54, 1.807) is 12.3 Å². The number of carbonyl (C=O) groups is 1.